The maximum Gasteiger partial charge on any atom is 0.228 e. The number of amides is 1. The number of hydrogen-bond donors (Lipinski definition) is 0. The molecule has 0 bridgehead atoms. The van der Waals surface area contributed by atoms with Crippen LogP contribution in [0.15, 0.2) is 84.9 Å². The molecule has 0 fully saturated rings. The monoisotopic (exact) mass is 411 g/mol. The number of benzene rings is 4. The van der Waals surface area contributed by atoms with E-state index in [1.54, 1.807) is 0 Å². The van der Waals surface area contributed by atoms with Crippen molar-refractivity contribution in [3.05, 3.63) is 112 Å². The number of carbonyl (C=O) groups excluding carboxylic acids is 1. The second kappa shape index (κ2) is 7.62. The first-order chi connectivity index (χ1) is 14.6. The van der Waals surface area contributed by atoms with Gasteiger partial charge < -0.3 is 4.90 Å². The smallest absolute Gasteiger partial charge is 0.228 e. The van der Waals surface area contributed by atoms with Gasteiger partial charge in [0.15, 0.2) is 0 Å². The average molecular weight is 412 g/mol. The van der Waals surface area contributed by atoms with E-state index in [0.29, 0.717) is 18.0 Å². The van der Waals surface area contributed by atoms with Gasteiger partial charge in [0.05, 0.1) is 6.54 Å². The van der Waals surface area contributed by atoms with E-state index in [1.165, 1.54) is 27.5 Å². The molecule has 0 saturated carbocycles. The molecule has 3 heteroatoms. The highest BCUT2D eigenvalue weighted by atomic mass is 35.5. The molecule has 0 N–H and O–H groups in total. The number of hydrogen-bond acceptors (Lipinski definition) is 1. The molecule has 0 saturated heterocycles. The Morgan fingerprint density at radius 1 is 0.933 bits per heavy atom. The molecule has 4 aromatic carbocycles. The van der Waals surface area contributed by atoms with Crippen LogP contribution >= 0.6 is 11.6 Å². The third-order valence-corrected chi connectivity index (χ3v) is 6.30. The maximum absolute atomic E-state index is 13.4. The SMILES string of the molecule is Cc1ccccc1C1CC(=O)N(Cc2cccc(Cl)c2)c2ccc3ccccc3c21. The van der Waals surface area contributed by atoms with Gasteiger partial charge >= 0.3 is 0 Å². The summed E-state index contributed by atoms with van der Waals surface area (Å²) in [5.74, 6) is 0.196. The summed E-state index contributed by atoms with van der Waals surface area (Å²) in [5, 5.41) is 3.10. The minimum Gasteiger partial charge on any atom is -0.308 e. The molecule has 1 aliphatic rings. The molecule has 0 aliphatic carbocycles. The number of carbonyl (C=O) groups is 1. The number of anilines is 1. The average Bonchev–Trinajstić information content (AvgIpc) is 2.75. The first-order valence-electron chi connectivity index (χ1n) is 10.2. The first-order valence-corrected chi connectivity index (χ1v) is 10.6. The van der Waals surface area contributed by atoms with Crippen LogP contribution in [0.5, 0.6) is 0 Å². The molecule has 4 aromatic rings. The van der Waals surface area contributed by atoms with Crippen LogP contribution in [0, 0.1) is 6.92 Å². The van der Waals surface area contributed by atoms with Gasteiger partial charge in [-0.1, -0.05) is 78.3 Å². The zero-order valence-corrected chi connectivity index (χ0v) is 17.6. The van der Waals surface area contributed by atoms with Crippen molar-refractivity contribution in [2.45, 2.75) is 25.8 Å². The largest absolute Gasteiger partial charge is 0.308 e. The van der Waals surface area contributed by atoms with Crippen LogP contribution in [0.3, 0.4) is 0 Å². The fourth-order valence-corrected chi connectivity index (χ4v) is 4.85. The summed E-state index contributed by atoms with van der Waals surface area (Å²) in [6, 6.07) is 28.8. The zero-order chi connectivity index (χ0) is 20.7. The van der Waals surface area contributed by atoms with E-state index in [0.717, 1.165) is 11.3 Å². The fourth-order valence-electron chi connectivity index (χ4n) is 4.64. The Morgan fingerprint density at radius 2 is 1.73 bits per heavy atom. The van der Waals surface area contributed by atoms with Crippen molar-refractivity contribution in [3.63, 3.8) is 0 Å². The van der Waals surface area contributed by atoms with E-state index in [1.807, 2.05) is 29.2 Å². The van der Waals surface area contributed by atoms with Gasteiger partial charge in [-0.15, -0.1) is 0 Å². The maximum atomic E-state index is 13.4. The Morgan fingerprint density at radius 3 is 2.57 bits per heavy atom. The number of halogens is 1. The molecule has 1 amide bonds. The minimum absolute atomic E-state index is 0.0513. The van der Waals surface area contributed by atoms with Gasteiger partial charge in [0.1, 0.15) is 0 Å². The van der Waals surface area contributed by atoms with Crippen molar-refractivity contribution in [2.24, 2.45) is 0 Å². The Labute approximate surface area is 181 Å². The predicted octanol–water partition coefficient (Wildman–Crippen LogP) is 6.87. The standard InChI is InChI=1S/C27H22ClNO/c1-18-7-2-4-11-22(18)24-16-26(30)29(17-19-8-6-10-21(28)15-19)25-14-13-20-9-3-5-12-23(20)27(24)25/h2-15,24H,16-17H2,1H3. The van der Waals surface area contributed by atoms with Crippen molar-refractivity contribution >= 4 is 34.0 Å². The summed E-state index contributed by atoms with van der Waals surface area (Å²) in [5.41, 5.74) is 5.72. The second-order valence-electron chi connectivity index (χ2n) is 7.94. The third kappa shape index (κ3) is 3.28. The van der Waals surface area contributed by atoms with Crippen LogP contribution in [0.4, 0.5) is 5.69 Å². The first kappa shape index (κ1) is 18.9. The quantitative estimate of drug-likeness (QED) is 0.360. The number of aryl methyl sites for hydroxylation is 1. The second-order valence-corrected chi connectivity index (χ2v) is 8.38. The molecular weight excluding hydrogens is 390 g/mol. The molecule has 1 aliphatic heterocycles. The summed E-state index contributed by atoms with van der Waals surface area (Å²) >= 11 is 6.19. The highest BCUT2D eigenvalue weighted by Crippen LogP contribution is 2.45. The molecular formula is C27H22ClNO. The lowest BCUT2D eigenvalue weighted by Gasteiger charge is -2.36. The van der Waals surface area contributed by atoms with Crippen LogP contribution in [0.25, 0.3) is 10.8 Å². The van der Waals surface area contributed by atoms with Crippen molar-refractivity contribution in [3.8, 4) is 0 Å². The molecule has 0 radical (unpaired) electrons. The van der Waals surface area contributed by atoms with Gasteiger partial charge in [-0.25, -0.2) is 0 Å². The Kier molecular flexibility index (Phi) is 4.80. The van der Waals surface area contributed by atoms with Crippen molar-refractivity contribution in [1.29, 1.82) is 0 Å². The summed E-state index contributed by atoms with van der Waals surface area (Å²) < 4.78 is 0. The van der Waals surface area contributed by atoms with E-state index < -0.39 is 0 Å². The van der Waals surface area contributed by atoms with Crippen LogP contribution in [0.2, 0.25) is 5.02 Å². The molecule has 1 unspecified atom stereocenters. The highest BCUT2D eigenvalue weighted by Gasteiger charge is 2.34. The van der Waals surface area contributed by atoms with E-state index >= 15 is 0 Å². The van der Waals surface area contributed by atoms with Crippen LogP contribution in [0.1, 0.15) is 34.6 Å². The Hall–Kier alpha value is -3.10. The lowest BCUT2D eigenvalue weighted by Crippen LogP contribution is -2.36. The molecule has 5 rings (SSSR count). The van der Waals surface area contributed by atoms with Crippen molar-refractivity contribution < 1.29 is 4.79 Å². The molecule has 30 heavy (non-hydrogen) atoms. The van der Waals surface area contributed by atoms with Gasteiger partial charge in [0.25, 0.3) is 0 Å². The molecule has 0 aromatic heterocycles. The topological polar surface area (TPSA) is 20.3 Å². The van der Waals surface area contributed by atoms with Crippen molar-refractivity contribution in [1.82, 2.24) is 0 Å². The summed E-state index contributed by atoms with van der Waals surface area (Å²) in [6.45, 7) is 2.65. The molecule has 0 spiro atoms. The highest BCUT2D eigenvalue weighted by molar-refractivity contribution is 6.30. The number of rotatable bonds is 3. The van der Waals surface area contributed by atoms with Gasteiger partial charge in [-0.3, -0.25) is 4.79 Å². The summed E-state index contributed by atoms with van der Waals surface area (Å²) in [6.07, 6.45) is 0.465. The van der Waals surface area contributed by atoms with E-state index in [4.69, 9.17) is 11.6 Å². The van der Waals surface area contributed by atoms with E-state index in [2.05, 4.69) is 67.6 Å². The Balaban J connectivity index is 1.70. The van der Waals surface area contributed by atoms with E-state index in [9.17, 15) is 4.79 Å². The van der Waals surface area contributed by atoms with Gasteiger partial charge in [-0.05, 0) is 58.1 Å². The van der Waals surface area contributed by atoms with Crippen LogP contribution < -0.4 is 4.90 Å². The molecule has 1 atom stereocenters. The molecule has 1 heterocycles. The third-order valence-electron chi connectivity index (χ3n) is 6.06. The van der Waals surface area contributed by atoms with Crippen LogP contribution in [-0.4, -0.2) is 5.91 Å². The van der Waals surface area contributed by atoms with Gasteiger partial charge in [0, 0.05) is 23.0 Å². The van der Waals surface area contributed by atoms with Crippen molar-refractivity contribution in [2.75, 3.05) is 4.90 Å². The van der Waals surface area contributed by atoms with Gasteiger partial charge in [-0.2, -0.15) is 0 Å². The zero-order valence-electron chi connectivity index (χ0n) is 16.8. The normalized spacial score (nSPS) is 16.0. The minimum atomic E-state index is 0.0513. The summed E-state index contributed by atoms with van der Waals surface area (Å²) in [4.78, 5) is 15.3. The molecule has 148 valence electrons. The lowest BCUT2D eigenvalue weighted by atomic mass is 9.79. The lowest BCUT2D eigenvalue weighted by molar-refractivity contribution is -0.119. The fraction of sp³-hybridized carbons (Fsp3) is 0.148. The summed E-state index contributed by atoms with van der Waals surface area (Å²) in [7, 11) is 0. The number of nitrogens with zero attached hydrogens (tertiary/aromatic N) is 1. The van der Waals surface area contributed by atoms with E-state index in [-0.39, 0.29) is 11.8 Å². The molecule has 2 nitrogen and oxygen atoms in total. The predicted molar refractivity (Wildman–Crippen MR) is 124 cm³/mol. The Bertz CT molecular complexity index is 1260. The number of fused-ring (bicyclic) bond motifs is 3. The van der Waals surface area contributed by atoms with Crippen LogP contribution in [-0.2, 0) is 11.3 Å². The van der Waals surface area contributed by atoms with Gasteiger partial charge in [0.2, 0.25) is 5.91 Å².